The van der Waals surface area contributed by atoms with E-state index in [-0.39, 0.29) is 6.73 Å². The Kier molecular flexibility index (Phi) is 3.10. The van der Waals surface area contributed by atoms with Crippen LogP contribution in [0.3, 0.4) is 0 Å². The van der Waals surface area contributed by atoms with Crippen LogP contribution in [-0.2, 0) is 14.8 Å². The molecule has 0 fully saturated rings. The third-order valence-electron chi connectivity index (χ3n) is 2.13. The lowest BCUT2D eigenvalue weighted by atomic mass is 10.3. The predicted octanol–water partition coefficient (Wildman–Crippen LogP) is 2.00. The van der Waals surface area contributed by atoms with Gasteiger partial charge in [0, 0.05) is 0 Å². The molecule has 1 aliphatic rings. The highest BCUT2D eigenvalue weighted by atomic mass is 32.2. The van der Waals surface area contributed by atoms with Crippen LogP contribution in [0.5, 0.6) is 0 Å². The van der Waals surface area contributed by atoms with Gasteiger partial charge in [-0.1, -0.05) is 12.1 Å². The zero-order valence-corrected chi connectivity index (χ0v) is 9.96. The van der Waals surface area contributed by atoms with E-state index >= 15 is 0 Å². The highest BCUT2D eigenvalue weighted by molar-refractivity contribution is 7.92. The lowest BCUT2D eigenvalue weighted by Gasteiger charge is -2.21. The molecule has 90 valence electrons. The Morgan fingerprint density at radius 1 is 1.35 bits per heavy atom. The molecule has 0 aromatic heterocycles. The second-order valence-corrected chi connectivity index (χ2v) is 5.30. The predicted molar refractivity (Wildman–Crippen MR) is 63.4 cm³/mol. The fourth-order valence-corrected chi connectivity index (χ4v) is 2.14. The zero-order valence-electron chi connectivity index (χ0n) is 9.15. The number of benzene rings is 1. The van der Waals surface area contributed by atoms with Gasteiger partial charge < -0.3 is 4.74 Å². The Balaban J connectivity index is 2.57. The van der Waals surface area contributed by atoms with Crippen LogP contribution in [0.25, 0.3) is 0 Å². The molecule has 6 nitrogen and oxygen atoms in total. The van der Waals surface area contributed by atoms with Crippen LogP contribution in [0, 0.1) is 0 Å². The number of azo groups is 1. The van der Waals surface area contributed by atoms with Crippen LogP contribution in [0.4, 0.5) is 11.4 Å². The zero-order chi connectivity index (χ0) is 12.3. The van der Waals surface area contributed by atoms with Gasteiger partial charge in [0.25, 0.3) is 0 Å². The Bertz CT molecular complexity index is 566. The molecule has 0 radical (unpaired) electrons. The van der Waals surface area contributed by atoms with E-state index < -0.39 is 10.0 Å². The first kappa shape index (κ1) is 11.6. The van der Waals surface area contributed by atoms with Crippen LogP contribution in [0.1, 0.15) is 0 Å². The topological polar surface area (TPSA) is 71.3 Å². The monoisotopic (exact) mass is 253 g/mol. The third kappa shape index (κ3) is 2.62. The van der Waals surface area contributed by atoms with Crippen molar-refractivity contribution in [1.29, 1.82) is 0 Å². The second kappa shape index (κ2) is 4.54. The molecular formula is C10H11N3O3S. The van der Waals surface area contributed by atoms with E-state index in [1.165, 1.54) is 12.5 Å². The van der Waals surface area contributed by atoms with Crippen LogP contribution in [0.15, 0.2) is 47.0 Å². The van der Waals surface area contributed by atoms with Crippen molar-refractivity contribution in [2.45, 2.75) is 0 Å². The first-order valence-electron chi connectivity index (χ1n) is 4.83. The van der Waals surface area contributed by atoms with Gasteiger partial charge in [0.2, 0.25) is 10.0 Å². The maximum atomic E-state index is 11.7. The maximum Gasteiger partial charge on any atom is 0.235 e. The number of sulfonamides is 1. The van der Waals surface area contributed by atoms with Crippen molar-refractivity contribution in [2.24, 2.45) is 10.2 Å². The van der Waals surface area contributed by atoms with Crippen LogP contribution in [-0.4, -0.2) is 21.4 Å². The summed E-state index contributed by atoms with van der Waals surface area (Å²) in [7, 11) is -3.42. The minimum Gasteiger partial charge on any atom is -0.478 e. The molecular weight excluding hydrogens is 242 g/mol. The van der Waals surface area contributed by atoms with Crippen molar-refractivity contribution in [3.63, 3.8) is 0 Å². The molecule has 0 saturated heterocycles. The quantitative estimate of drug-likeness (QED) is 0.768. The summed E-state index contributed by atoms with van der Waals surface area (Å²) in [5.41, 5.74) is 0.926. The molecule has 0 N–H and O–H groups in total. The number of ether oxygens (including phenoxy) is 1. The van der Waals surface area contributed by atoms with E-state index in [1.54, 1.807) is 24.3 Å². The Hall–Kier alpha value is -1.89. The van der Waals surface area contributed by atoms with Crippen molar-refractivity contribution in [3.05, 3.63) is 36.7 Å². The summed E-state index contributed by atoms with van der Waals surface area (Å²) in [6.45, 7) is -0.0998. The van der Waals surface area contributed by atoms with E-state index in [9.17, 15) is 8.42 Å². The fraction of sp³-hybridized carbons (Fsp3) is 0.200. The minimum atomic E-state index is -3.42. The van der Waals surface area contributed by atoms with Gasteiger partial charge in [-0.15, -0.1) is 5.11 Å². The van der Waals surface area contributed by atoms with Crippen LogP contribution < -0.4 is 4.31 Å². The molecule has 0 atom stereocenters. The Morgan fingerprint density at radius 3 is 2.88 bits per heavy atom. The smallest absolute Gasteiger partial charge is 0.235 e. The van der Waals surface area contributed by atoms with Crippen LogP contribution >= 0.6 is 0 Å². The van der Waals surface area contributed by atoms with Crippen molar-refractivity contribution >= 4 is 21.4 Å². The van der Waals surface area contributed by atoms with Crippen molar-refractivity contribution in [1.82, 2.24) is 0 Å². The summed E-state index contributed by atoms with van der Waals surface area (Å²) in [5, 5.41) is 7.67. The molecule has 17 heavy (non-hydrogen) atoms. The lowest BCUT2D eigenvalue weighted by molar-refractivity contribution is 0.261. The molecule has 0 aliphatic carbocycles. The number of anilines is 1. The average molecular weight is 253 g/mol. The van der Waals surface area contributed by atoms with Crippen molar-refractivity contribution in [2.75, 3.05) is 17.3 Å². The summed E-state index contributed by atoms with van der Waals surface area (Å²) in [6.07, 6.45) is 3.78. The van der Waals surface area contributed by atoms with Gasteiger partial charge in [-0.2, -0.15) is 5.11 Å². The van der Waals surface area contributed by atoms with Gasteiger partial charge in [-0.25, -0.2) is 12.7 Å². The Morgan fingerprint density at radius 2 is 2.12 bits per heavy atom. The number of hydrogen-bond donors (Lipinski definition) is 0. The fourth-order valence-electron chi connectivity index (χ4n) is 1.38. The standard InChI is InChI=1S/C10H11N3O3S/c1-17(14,15)13-8-16-7-6-11-12-9-4-2-3-5-10(9)13/h2-7H,8H2,1H3/b7-6-,12-11?. The van der Waals surface area contributed by atoms with E-state index in [0.29, 0.717) is 11.4 Å². The van der Waals surface area contributed by atoms with E-state index in [1.807, 2.05) is 0 Å². The number of nitrogens with zero attached hydrogens (tertiary/aromatic N) is 3. The Labute approximate surface area is 99.3 Å². The highest BCUT2D eigenvalue weighted by Gasteiger charge is 2.20. The molecule has 0 unspecified atom stereocenters. The molecule has 1 heterocycles. The summed E-state index contributed by atoms with van der Waals surface area (Å²) in [5.74, 6) is 0. The lowest BCUT2D eigenvalue weighted by Crippen LogP contribution is -2.31. The third-order valence-corrected chi connectivity index (χ3v) is 3.23. The maximum absolute atomic E-state index is 11.7. The molecule has 0 saturated carbocycles. The van der Waals surface area contributed by atoms with Crippen molar-refractivity contribution in [3.8, 4) is 0 Å². The van der Waals surface area contributed by atoms with E-state index in [2.05, 4.69) is 10.2 Å². The summed E-state index contributed by atoms with van der Waals surface area (Å²) in [6, 6.07) is 6.85. The first-order valence-corrected chi connectivity index (χ1v) is 6.68. The van der Waals surface area contributed by atoms with E-state index in [0.717, 1.165) is 10.6 Å². The van der Waals surface area contributed by atoms with Gasteiger partial charge in [0.15, 0.2) is 6.73 Å². The van der Waals surface area contributed by atoms with Gasteiger partial charge in [0.1, 0.15) is 11.9 Å². The van der Waals surface area contributed by atoms with Gasteiger partial charge in [-0.05, 0) is 12.1 Å². The molecule has 1 aliphatic heterocycles. The van der Waals surface area contributed by atoms with Gasteiger partial charge in [0.05, 0.1) is 18.1 Å². The normalized spacial score (nSPS) is 17.4. The minimum absolute atomic E-state index is 0.0998. The number of hydrogen-bond acceptors (Lipinski definition) is 5. The number of fused-ring (bicyclic) bond motifs is 1. The van der Waals surface area contributed by atoms with Crippen LogP contribution in [0.2, 0.25) is 0 Å². The number of rotatable bonds is 1. The molecule has 0 amide bonds. The highest BCUT2D eigenvalue weighted by Crippen LogP contribution is 2.30. The summed E-state index contributed by atoms with van der Waals surface area (Å²) >= 11 is 0. The molecule has 1 aromatic carbocycles. The first-order chi connectivity index (χ1) is 8.09. The second-order valence-electron chi connectivity index (χ2n) is 3.40. The largest absolute Gasteiger partial charge is 0.478 e. The molecule has 7 heteroatoms. The molecule has 2 rings (SSSR count). The summed E-state index contributed by atoms with van der Waals surface area (Å²) < 4.78 is 29.6. The SMILES string of the molecule is CS(=O)(=O)N1CO/C=C\N=Nc2ccccc21. The van der Waals surface area contributed by atoms with Gasteiger partial charge in [-0.3, -0.25) is 0 Å². The van der Waals surface area contributed by atoms with Crippen molar-refractivity contribution < 1.29 is 13.2 Å². The number of para-hydroxylation sites is 1. The average Bonchev–Trinajstić information content (AvgIpc) is 2.37. The van der Waals surface area contributed by atoms with Gasteiger partial charge >= 0.3 is 0 Å². The summed E-state index contributed by atoms with van der Waals surface area (Å²) in [4.78, 5) is 0. The molecule has 0 spiro atoms. The molecule has 0 bridgehead atoms. The van der Waals surface area contributed by atoms with E-state index in [4.69, 9.17) is 4.74 Å². The molecule has 1 aromatic rings.